The predicted molar refractivity (Wildman–Crippen MR) is 48.6 cm³/mol. The molecule has 0 radical (unpaired) electrons. The highest BCUT2D eigenvalue weighted by Gasteiger charge is 1.91. The summed E-state index contributed by atoms with van der Waals surface area (Å²) in [6.45, 7) is 5.86. The number of carbonyl (C=O) groups excluding carboxylic acids is 1. The molecule has 0 atom stereocenters. The summed E-state index contributed by atoms with van der Waals surface area (Å²) in [5, 5.41) is 0. The van der Waals surface area contributed by atoms with Crippen molar-refractivity contribution < 1.29 is 4.79 Å². The van der Waals surface area contributed by atoms with Crippen LogP contribution in [0.1, 0.15) is 46.5 Å². The van der Waals surface area contributed by atoms with E-state index in [9.17, 15) is 4.79 Å². The van der Waals surface area contributed by atoms with Crippen LogP contribution in [0.3, 0.4) is 0 Å². The molecule has 1 heteroatoms. The highest BCUT2D eigenvalue weighted by molar-refractivity contribution is 5.75. The first-order chi connectivity index (χ1) is 5.13. The summed E-state index contributed by atoms with van der Waals surface area (Å²) in [6.07, 6.45) is 6.27. The van der Waals surface area contributed by atoms with Crippen molar-refractivity contribution in [2.75, 3.05) is 0 Å². The molecule has 11 heavy (non-hydrogen) atoms. The fourth-order valence-electron chi connectivity index (χ4n) is 0.909. The Bertz CT molecular complexity index is 141. The minimum absolute atomic E-state index is 0.308. The van der Waals surface area contributed by atoms with Crippen LogP contribution in [0.4, 0.5) is 0 Å². The molecule has 0 bridgehead atoms. The topological polar surface area (TPSA) is 17.1 Å². The van der Waals surface area contributed by atoms with Crippen LogP contribution in [0, 0.1) is 0 Å². The van der Waals surface area contributed by atoms with Gasteiger partial charge in [0.2, 0.25) is 0 Å². The zero-order valence-corrected chi connectivity index (χ0v) is 7.81. The van der Waals surface area contributed by atoms with Gasteiger partial charge in [-0.2, -0.15) is 0 Å². The Balaban J connectivity index is 3.15. The van der Waals surface area contributed by atoms with Crippen LogP contribution < -0.4 is 0 Å². The van der Waals surface area contributed by atoms with E-state index in [2.05, 4.69) is 19.9 Å². The second-order valence-corrected chi connectivity index (χ2v) is 3.23. The molecule has 0 unspecified atom stereocenters. The van der Waals surface area contributed by atoms with E-state index in [0.29, 0.717) is 5.78 Å². The van der Waals surface area contributed by atoms with Crippen LogP contribution in [0.25, 0.3) is 0 Å². The van der Waals surface area contributed by atoms with E-state index in [-0.39, 0.29) is 0 Å². The SMILES string of the molecule is CC(=O)CCCCC=C(C)C. The Kier molecular flexibility index (Phi) is 5.81. The summed E-state index contributed by atoms with van der Waals surface area (Å²) in [5.74, 6) is 0.308. The summed E-state index contributed by atoms with van der Waals surface area (Å²) < 4.78 is 0. The van der Waals surface area contributed by atoms with E-state index in [1.165, 1.54) is 5.57 Å². The van der Waals surface area contributed by atoms with Gasteiger partial charge >= 0.3 is 0 Å². The van der Waals surface area contributed by atoms with E-state index in [1.54, 1.807) is 6.92 Å². The molecule has 0 rings (SSSR count). The molecule has 0 fully saturated rings. The van der Waals surface area contributed by atoms with Gasteiger partial charge in [0.1, 0.15) is 5.78 Å². The van der Waals surface area contributed by atoms with Gasteiger partial charge in [0, 0.05) is 6.42 Å². The van der Waals surface area contributed by atoms with Crippen LogP contribution in [0.15, 0.2) is 11.6 Å². The predicted octanol–water partition coefficient (Wildman–Crippen LogP) is 3.10. The Hall–Kier alpha value is -0.590. The minimum Gasteiger partial charge on any atom is -0.300 e. The van der Waals surface area contributed by atoms with Crippen molar-refractivity contribution >= 4 is 5.78 Å². The highest BCUT2D eigenvalue weighted by Crippen LogP contribution is 2.03. The Labute approximate surface area is 69.5 Å². The normalized spacial score (nSPS) is 9.36. The zero-order valence-electron chi connectivity index (χ0n) is 7.81. The molecule has 0 aromatic heterocycles. The van der Waals surface area contributed by atoms with Gasteiger partial charge in [0.25, 0.3) is 0 Å². The Morgan fingerprint density at radius 1 is 1.18 bits per heavy atom. The first-order valence-electron chi connectivity index (χ1n) is 4.25. The van der Waals surface area contributed by atoms with E-state index < -0.39 is 0 Å². The molecular formula is C10H18O. The summed E-state index contributed by atoms with van der Waals surface area (Å²) in [6, 6.07) is 0. The van der Waals surface area contributed by atoms with Crippen molar-refractivity contribution in [3.63, 3.8) is 0 Å². The number of carbonyl (C=O) groups is 1. The summed E-state index contributed by atoms with van der Waals surface area (Å²) in [5.41, 5.74) is 1.37. The third-order valence-electron chi connectivity index (χ3n) is 1.54. The van der Waals surface area contributed by atoms with Gasteiger partial charge in [-0.25, -0.2) is 0 Å². The highest BCUT2D eigenvalue weighted by atomic mass is 16.1. The smallest absolute Gasteiger partial charge is 0.129 e. The summed E-state index contributed by atoms with van der Waals surface area (Å²) in [7, 11) is 0. The maximum atomic E-state index is 10.5. The average Bonchev–Trinajstić information content (AvgIpc) is 1.85. The molecule has 0 aliphatic carbocycles. The van der Waals surface area contributed by atoms with Crippen LogP contribution in [-0.4, -0.2) is 5.78 Å². The average molecular weight is 154 g/mol. The molecule has 0 aliphatic heterocycles. The number of ketones is 1. The van der Waals surface area contributed by atoms with Gasteiger partial charge in [-0.3, -0.25) is 0 Å². The van der Waals surface area contributed by atoms with Gasteiger partial charge in [-0.15, -0.1) is 0 Å². The number of unbranched alkanes of at least 4 members (excludes halogenated alkanes) is 2. The molecule has 64 valence electrons. The van der Waals surface area contributed by atoms with Gasteiger partial charge in [-0.05, 0) is 40.0 Å². The second kappa shape index (κ2) is 6.14. The molecule has 0 N–H and O–H groups in total. The third kappa shape index (κ3) is 9.41. The first kappa shape index (κ1) is 10.4. The number of hydrogen-bond acceptors (Lipinski definition) is 1. The monoisotopic (exact) mass is 154 g/mol. The van der Waals surface area contributed by atoms with Crippen molar-refractivity contribution in [1.82, 2.24) is 0 Å². The molecule has 0 heterocycles. The molecule has 0 aliphatic rings. The minimum atomic E-state index is 0.308. The Morgan fingerprint density at radius 3 is 2.27 bits per heavy atom. The zero-order chi connectivity index (χ0) is 8.69. The molecule has 0 aromatic carbocycles. The molecular weight excluding hydrogens is 136 g/mol. The van der Waals surface area contributed by atoms with Crippen LogP contribution in [0.2, 0.25) is 0 Å². The van der Waals surface area contributed by atoms with Crippen LogP contribution in [-0.2, 0) is 4.79 Å². The van der Waals surface area contributed by atoms with Crippen molar-refractivity contribution in [1.29, 1.82) is 0 Å². The summed E-state index contributed by atoms with van der Waals surface area (Å²) in [4.78, 5) is 10.5. The van der Waals surface area contributed by atoms with Crippen LogP contribution >= 0.6 is 0 Å². The first-order valence-corrected chi connectivity index (χ1v) is 4.25. The van der Waals surface area contributed by atoms with E-state index >= 15 is 0 Å². The van der Waals surface area contributed by atoms with Crippen molar-refractivity contribution in [2.45, 2.75) is 46.5 Å². The largest absolute Gasteiger partial charge is 0.300 e. The maximum Gasteiger partial charge on any atom is 0.129 e. The summed E-state index contributed by atoms with van der Waals surface area (Å²) >= 11 is 0. The van der Waals surface area contributed by atoms with Gasteiger partial charge in [0.15, 0.2) is 0 Å². The fraction of sp³-hybridized carbons (Fsp3) is 0.700. The lowest BCUT2D eigenvalue weighted by atomic mass is 10.1. The van der Waals surface area contributed by atoms with Crippen molar-refractivity contribution in [3.05, 3.63) is 11.6 Å². The molecule has 1 nitrogen and oxygen atoms in total. The van der Waals surface area contributed by atoms with Gasteiger partial charge in [-0.1, -0.05) is 11.6 Å². The lowest BCUT2D eigenvalue weighted by molar-refractivity contribution is -0.117. The van der Waals surface area contributed by atoms with Crippen LogP contribution in [0.5, 0.6) is 0 Å². The number of Topliss-reactive ketones (excluding diaryl/α,β-unsaturated/α-hetero) is 1. The van der Waals surface area contributed by atoms with E-state index in [4.69, 9.17) is 0 Å². The molecule has 0 spiro atoms. The van der Waals surface area contributed by atoms with E-state index in [0.717, 1.165) is 25.7 Å². The van der Waals surface area contributed by atoms with Gasteiger partial charge in [0.05, 0.1) is 0 Å². The third-order valence-corrected chi connectivity index (χ3v) is 1.54. The van der Waals surface area contributed by atoms with E-state index in [1.807, 2.05) is 0 Å². The molecule has 0 amide bonds. The van der Waals surface area contributed by atoms with Crippen molar-refractivity contribution in [2.24, 2.45) is 0 Å². The number of allylic oxidation sites excluding steroid dienone is 2. The standard InChI is InChI=1S/C10H18O/c1-9(2)7-5-4-6-8-10(3)11/h7H,4-6,8H2,1-3H3. The maximum absolute atomic E-state index is 10.5. The molecule has 0 saturated heterocycles. The number of rotatable bonds is 5. The lowest BCUT2D eigenvalue weighted by Crippen LogP contribution is -1.88. The second-order valence-electron chi connectivity index (χ2n) is 3.23. The fourth-order valence-corrected chi connectivity index (χ4v) is 0.909. The van der Waals surface area contributed by atoms with Gasteiger partial charge < -0.3 is 4.79 Å². The molecule has 0 aromatic rings. The Morgan fingerprint density at radius 2 is 1.82 bits per heavy atom. The molecule has 0 saturated carbocycles. The lowest BCUT2D eigenvalue weighted by Gasteiger charge is -1.94. The quantitative estimate of drug-likeness (QED) is 0.439. The van der Waals surface area contributed by atoms with Crippen molar-refractivity contribution in [3.8, 4) is 0 Å². The number of hydrogen-bond donors (Lipinski definition) is 0.